The highest BCUT2D eigenvalue weighted by Gasteiger charge is 2.31. The van der Waals surface area contributed by atoms with Crippen molar-refractivity contribution < 1.29 is 26.7 Å². The summed E-state index contributed by atoms with van der Waals surface area (Å²) in [5.41, 5.74) is 0.899. The van der Waals surface area contributed by atoms with E-state index in [0.29, 0.717) is 11.3 Å². The van der Waals surface area contributed by atoms with Gasteiger partial charge in [-0.1, -0.05) is 19.1 Å². The van der Waals surface area contributed by atoms with Crippen LogP contribution < -0.4 is 15.4 Å². The lowest BCUT2D eigenvalue weighted by Gasteiger charge is -2.15. The van der Waals surface area contributed by atoms with E-state index in [9.17, 15) is 22.0 Å². The van der Waals surface area contributed by atoms with E-state index in [4.69, 9.17) is 0 Å². The van der Waals surface area contributed by atoms with Gasteiger partial charge in [0.2, 0.25) is 5.95 Å². The molecule has 5 nitrogen and oxygen atoms in total. The molecule has 3 rings (SSSR count). The van der Waals surface area contributed by atoms with Gasteiger partial charge >= 0.3 is 6.36 Å². The zero-order valence-corrected chi connectivity index (χ0v) is 16.6. The van der Waals surface area contributed by atoms with E-state index in [2.05, 4.69) is 25.3 Å². The van der Waals surface area contributed by atoms with E-state index >= 15 is 0 Å². The van der Waals surface area contributed by atoms with Crippen molar-refractivity contribution in [3.8, 4) is 17.0 Å². The van der Waals surface area contributed by atoms with Crippen LogP contribution in [0.5, 0.6) is 5.75 Å². The Kier molecular flexibility index (Phi) is 6.57. The summed E-state index contributed by atoms with van der Waals surface area (Å²) in [7, 11) is 0. The largest absolute Gasteiger partial charge is 0.573 e. The number of aromatic nitrogens is 2. The molecule has 1 aromatic heterocycles. The van der Waals surface area contributed by atoms with Gasteiger partial charge in [0, 0.05) is 29.4 Å². The van der Waals surface area contributed by atoms with Crippen molar-refractivity contribution in [2.24, 2.45) is 0 Å². The molecule has 164 valence electrons. The summed E-state index contributed by atoms with van der Waals surface area (Å²) >= 11 is 0. The van der Waals surface area contributed by atoms with E-state index in [-0.39, 0.29) is 23.5 Å². The topological polar surface area (TPSA) is 59.1 Å². The lowest BCUT2D eigenvalue weighted by atomic mass is 10.1. The van der Waals surface area contributed by atoms with Crippen LogP contribution >= 0.6 is 0 Å². The Balaban J connectivity index is 1.99. The van der Waals surface area contributed by atoms with Gasteiger partial charge in [-0.3, -0.25) is 0 Å². The van der Waals surface area contributed by atoms with Gasteiger partial charge in [0.15, 0.2) is 11.6 Å². The maximum Gasteiger partial charge on any atom is 0.573 e. The minimum atomic E-state index is -4.83. The molecule has 2 N–H and O–H groups in total. The number of benzene rings is 2. The van der Waals surface area contributed by atoms with Crippen LogP contribution in [0.2, 0.25) is 0 Å². The highest BCUT2D eigenvalue weighted by molar-refractivity contribution is 5.68. The summed E-state index contributed by atoms with van der Waals surface area (Å²) in [5.74, 6) is -1.96. The lowest BCUT2D eigenvalue weighted by Crippen LogP contribution is -2.17. The van der Waals surface area contributed by atoms with Crippen LogP contribution in [0.15, 0.2) is 48.5 Å². The van der Waals surface area contributed by atoms with E-state index in [0.717, 1.165) is 18.6 Å². The van der Waals surface area contributed by atoms with Crippen molar-refractivity contribution in [3.63, 3.8) is 0 Å². The van der Waals surface area contributed by atoms with Crippen molar-refractivity contribution in [1.29, 1.82) is 0 Å². The second-order valence-corrected chi connectivity index (χ2v) is 6.75. The second kappa shape index (κ2) is 9.15. The maximum atomic E-state index is 13.5. The first-order valence-electron chi connectivity index (χ1n) is 9.37. The van der Waals surface area contributed by atoms with E-state index in [1.165, 1.54) is 30.3 Å². The van der Waals surface area contributed by atoms with Crippen LogP contribution in [0.4, 0.5) is 39.4 Å². The number of nitrogens with one attached hydrogen (secondary N) is 2. The zero-order valence-electron chi connectivity index (χ0n) is 16.6. The van der Waals surface area contributed by atoms with Gasteiger partial charge in [0.1, 0.15) is 11.6 Å². The third-order valence-corrected chi connectivity index (χ3v) is 4.27. The highest BCUT2D eigenvalue weighted by Crippen LogP contribution is 2.29. The summed E-state index contributed by atoms with van der Waals surface area (Å²) in [6.07, 6.45) is -4.05. The quantitative estimate of drug-likeness (QED) is 0.426. The molecule has 0 amide bonds. The Labute approximate surface area is 175 Å². The standard InChI is InChI=1S/C21H19F5N4O/c1-3-12(2)27-20-29-18(13-5-4-6-15(9-13)31-21(24,25)26)11-19(30-20)28-14-7-8-16(22)17(23)10-14/h4-12H,3H2,1-2H3,(H2,27,28,29,30)/t12-/m1/s1. The zero-order chi connectivity index (χ0) is 22.6. The smallest absolute Gasteiger partial charge is 0.406 e. The maximum absolute atomic E-state index is 13.5. The SMILES string of the molecule is CC[C@@H](C)Nc1nc(Nc2ccc(F)c(F)c2)cc(-c2cccc(OC(F)(F)F)c2)n1. The molecule has 0 unspecified atom stereocenters. The molecule has 2 aromatic carbocycles. The third-order valence-electron chi connectivity index (χ3n) is 4.27. The van der Waals surface area contributed by atoms with Gasteiger partial charge in [-0.05, 0) is 37.6 Å². The Morgan fingerprint density at radius 2 is 1.77 bits per heavy atom. The molecule has 0 saturated heterocycles. The third kappa shape index (κ3) is 6.27. The molecule has 0 aliphatic heterocycles. The molecule has 0 saturated carbocycles. The second-order valence-electron chi connectivity index (χ2n) is 6.75. The van der Waals surface area contributed by atoms with Gasteiger partial charge in [-0.25, -0.2) is 13.8 Å². The molecular formula is C21H19F5N4O. The molecule has 0 fully saturated rings. The number of nitrogens with zero attached hydrogens (tertiary/aromatic N) is 2. The van der Waals surface area contributed by atoms with Gasteiger partial charge in [-0.15, -0.1) is 13.2 Å². The molecule has 0 radical (unpaired) electrons. The predicted molar refractivity (Wildman–Crippen MR) is 107 cm³/mol. The van der Waals surface area contributed by atoms with Crippen molar-refractivity contribution in [2.75, 3.05) is 10.6 Å². The molecule has 0 spiro atoms. The Morgan fingerprint density at radius 1 is 1.00 bits per heavy atom. The average molecular weight is 438 g/mol. The summed E-state index contributed by atoms with van der Waals surface area (Å²) in [6, 6.07) is 10.1. The number of alkyl halides is 3. The monoisotopic (exact) mass is 438 g/mol. The summed E-state index contributed by atoms with van der Waals surface area (Å²) in [6.45, 7) is 3.87. The first-order valence-corrected chi connectivity index (χ1v) is 9.37. The van der Waals surface area contributed by atoms with Crippen molar-refractivity contribution in [1.82, 2.24) is 9.97 Å². The van der Waals surface area contributed by atoms with Gasteiger partial charge in [-0.2, -0.15) is 4.98 Å². The molecule has 0 aliphatic carbocycles. The molecule has 1 heterocycles. The van der Waals surface area contributed by atoms with Crippen LogP contribution in [-0.4, -0.2) is 22.4 Å². The number of anilines is 3. The summed E-state index contributed by atoms with van der Waals surface area (Å²) in [5, 5.41) is 5.95. The number of hydrogen-bond acceptors (Lipinski definition) is 5. The van der Waals surface area contributed by atoms with Crippen LogP contribution in [0.3, 0.4) is 0 Å². The Hall–Kier alpha value is -3.43. The minimum Gasteiger partial charge on any atom is -0.406 e. The molecule has 1 atom stereocenters. The average Bonchev–Trinajstić information content (AvgIpc) is 2.69. The number of ether oxygens (including phenoxy) is 1. The minimum absolute atomic E-state index is 0.0197. The number of halogens is 5. The van der Waals surface area contributed by atoms with E-state index in [1.54, 1.807) is 6.07 Å². The predicted octanol–water partition coefficient (Wildman–Crippen LogP) is 6.27. The molecule has 0 bridgehead atoms. The van der Waals surface area contributed by atoms with Gasteiger partial charge in [0.25, 0.3) is 0 Å². The molecule has 31 heavy (non-hydrogen) atoms. The number of hydrogen-bond donors (Lipinski definition) is 2. The van der Waals surface area contributed by atoms with E-state index < -0.39 is 23.7 Å². The normalized spacial score (nSPS) is 12.4. The lowest BCUT2D eigenvalue weighted by molar-refractivity contribution is -0.274. The Morgan fingerprint density at radius 3 is 2.45 bits per heavy atom. The van der Waals surface area contributed by atoms with Crippen molar-refractivity contribution >= 4 is 17.5 Å². The highest BCUT2D eigenvalue weighted by atomic mass is 19.4. The fourth-order valence-corrected chi connectivity index (χ4v) is 2.62. The van der Waals surface area contributed by atoms with E-state index in [1.807, 2.05) is 13.8 Å². The fraction of sp³-hybridized carbons (Fsp3) is 0.238. The van der Waals surface area contributed by atoms with Gasteiger partial charge < -0.3 is 15.4 Å². The van der Waals surface area contributed by atoms with Crippen LogP contribution in [-0.2, 0) is 0 Å². The van der Waals surface area contributed by atoms with Crippen molar-refractivity contribution in [2.45, 2.75) is 32.7 Å². The first-order chi connectivity index (χ1) is 14.6. The van der Waals surface area contributed by atoms with Crippen LogP contribution in [0, 0.1) is 11.6 Å². The molecule has 3 aromatic rings. The van der Waals surface area contributed by atoms with Crippen LogP contribution in [0.25, 0.3) is 11.3 Å². The molecule has 0 aliphatic rings. The summed E-state index contributed by atoms with van der Waals surface area (Å²) < 4.78 is 68.4. The number of rotatable bonds is 7. The molecular weight excluding hydrogens is 419 g/mol. The van der Waals surface area contributed by atoms with Crippen LogP contribution in [0.1, 0.15) is 20.3 Å². The van der Waals surface area contributed by atoms with Gasteiger partial charge in [0.05, 0.1) is 5.69 Å². The summed E-state index contributed by atoms with van der Waals surface area (Å²) in [4.78, 5) is 8.68. The molecule has 10 heteroatoms. The first kappa shape index (κ1) is 22.3. The fourth-order valence-electron chi connectivity index (χ4n) is 2.62. The van der Waals surface area contributed by atoms with Crippen molar-refractivity contribution in [3.05, 3.63) is 60.2 Å². The Bertz CT molecular complexity index is 1060.